The number of hydrogen-bond donors (Lipinski definition) is 2. The largest absolute Gasteiger partial charge is 0.504 e. The van der Waals surface area contributed by atoms with Crippen LogP contribution in [-0.4, -0.2) is 31.4 Å². The van der Waals surface area contributed by atoms with E-state index in [1.165, 1.54) is 23.5 Å². The zero-order chi connectivity index (χ0) is 27.6. The summed E-state index contributed by atoms with van der Waals surface area (Å²) in [6.07, 6.45) is 1.87. The molecule has 3 atom stereocenters. The van der Waals surface area contributed by atoms with E-state index in [0.717, 1.165) is 28.2 Å². The van der Waals surface area contributed by atoms with Gasteiger partial charge in [0, 0.05) is 28.1 Å². The summed E-state index contributed by atoms with van der Waals surface area (Å²) in [6, 6.07) is 21.5. The molecule has 0 bridgehead atoms. The number of rotatable bonds is 11. The van der Waals surface area contributed by atoms with Crippen LogP contribution in [-0.2, 0) is 37.3 Å². The minimum atomic E-state index is -3.67. The number of ether oxygens (including phenoxy) is 1. The quantitative estimate of drug-likeness (QED) is 0.306. The Morgan fingerprint density at radius 3 is 2.31 bits per heavy atom. The second-order valence-corrected chi connectivity index (χ2v) is 13.0. The highest BCUT2D eigenvalue weighted by Gasteiger charge is 2.47. The van der Waals surface area contributed by atoms with Crippen LogP contribution in [0.5, 0.6) is 0 Å². The van der Waals surface area contributed by atoms with Crippen molar-refractivity contribution in [2.45, 2.75) is 56.1 Å². The summed E-state index contributed by atoms with van der Waals surface area (Å²) in [5.41, 5.74) is 1.05. The molecule has 204 valence electrons. The van der Waals surface area contributed by atoms with Crippen molar-refractivity contribution in [3.05, 3.63) is 99.4 Å². The van der Waals surface area contributed by atoms with Gasteiger partial charge in [-0.15, -0.1) is 11.3 Å². The number of thiophene rings is 1. The normalized spacial score (nSPS) is 19.6. The highest BCUT2D eigenvalue weighted by atomic mass is 32.2. The maximum atomic E-state index is 13.3. The summed E-state index contributed by atoms with van der Waals surface area (Å²) in [5, 5.41) is 11.1. The number of benzene rings is 2. The summed E-state index contributed by atoms with van der Waals surface area (Å²) < 4.78 is 33.6. The molecule has 7 nitrogen and oxygen atoms in total. The van der Waals surface area contributed by atoms with Gasteiger partial charge in [0.1, 0.15) is 0 Å². The number of carbonyl (C=O) groups is 2. The van der Waals surface area contributed by atoms with Crippen LogP contribution in [0.25, 0.3) is 0 Å². The van der Waals surface area contributed by atoms with Gasteiger partial charge in [0.05, 0.1) is 10.5 Å². The van der Waals surface area contributed by atoms with Crippen LogP contribution >= 0.6 is 11.3 Å². The minimum Gasteiger partial charge on any atom is -0.504 e. The zero-order valence-corrected chi connectivity index (χ0v) is 23.2. The molecule has 2 aliphatic rings. The first-order valence-electron chi connectivity index (χ1n) is 13.1. The smallest absolute Gasteiger partial charge is 0.339 e. The third kappa shape index (κ3) is 6.00. The van der Waals surface area contributed by atoms with Crippen molar-refractivity contribution in [2.24, 2.45) is 11.8 Å². The number of ketones is 1. The summed E-state index contributed by atoms with van der Waals surface area (Å²) in [6.45, 7) is 2.03. The minimum absolute atomic E-state index is 0.0200. The predicted molar refractivity (Wildman–Crippen MR) is 149 cm³/mol. The summed E-state index contributed by atoms with van der Waals surface area (Å²) in [7, 11) is -3.67. The van der Waals surface area contributed by atoms with Crippen LogP contribution in [0.2, 0.25) is 0 Å². The lowest BCUT2D eigenvalue weighted by atomic mass is 9.83. The highest BCUT2D eigenvalue weighted by Crippen LogP contribution is 2.50. The van der Waals surface area contributed by atoms with Gasteiger partial charge in [-0.3, -0.25) is 4.79 Å². The lowest BCUT2D eigenvalue weighted by molar-refractivity contribution is -0.158. The summed E-state index contributed by atoms with van der Waals surface area (Å²) in [4.78, 5) is 28.4. The molecular formula is C30H31NO6S2. The summed E-state index contributed by atoms with van der Waals surface area (Å²) >= 11 is 1.37. The average molecular weight is 566 g/mol. The van der Waals surface area contributed by atoms with E-state index in [4.69, 9.17) is 4.74 Å². The van der Waals surface area contributed by atoms with Gasteiger partial charge in [0.25, 0.3) is 0 Å². The van der Waals surface area contributed by atoms with E-state index in [2.05, 4.69) is 4.72 Å². The summed E-state index contributed by atoms with van der Waals surface area (Å²) in [5.74, 6) is -2.32. The molecule has 0 spiro atoms. The molecule has 1 aliphatic heterocycles. The van der Waals surface area contributed by atoms with Crippen molar-refractivity contribution in [3.8, 4) is 0 Å². The van der Waals surface area contributed by atoms with E-state index >= 15 is 0 Å². The second kappa shape index (κ2) is 11.5. The second-order valence-electron chi connectivity index (χ2n) is 10.1. The maximum Gasteiger partial charge on any atom is 0.339 e. The van der Waals surface area contributed by atoms with Crippen molar-refractivity contribution < 1.29 is 27.9 Å². The van der Waals surface area contributed by atoms with Crippen molar-refractivity contribution in [1.29, 1.82) is 0 Å². The van der Waals surface area contributed by atoms with Crippen molar-refractivity contribution >= 4 is 33.1 Å². The van der Waals surface area contributed by atoms with Crippen molar-refractivity contribution in [2.75, 3.05) is 0 Å². The molecule has 1 aromatic heterocycles. The van der Waals surface area contributed by atoms with Crippen LogP contribution < -0.4 is 4.72 Å². The Morgan fingerprint density at radius 1 is 1.00 bits per heavy atom. The molecule has 0 saturated heterocycles. The Morgan fingerprint density at radius 2 is 1.67 bits per heavy atom. The molecule has 2 heterocycles. The third-order valence-electron chi connectivity index (χ3n) is 7.38. The van der Waals surface area contributed by atoms with E-state index in [9.17, 15) is 23.1 Å². The van der Waals surface area contributed by atoms with Gasteiger partial charge in [-0.1, -0.05) is 55.5 Å². The van der Waals surface area contributed by atoms with Gasteiger partial charge in [-0.05, 0) is 61.4 Å². The standard InChI is InChI=1S/C30H31NO6S2/c1-2-20(17-19-9-5-3-6-10-19)29-28(33)27(32)26(30(34)37-29)25(21-13-14-21)24-16-15-22(38-24)18-31-39(35,36)23-11-7-4-8-12-23/h3-12,15-16,20-21,25,29,31-32H,2,13-14,17-18H2,1H3. The number of aliphatic hydroxyl groups is 1. The van der Waals surface area contributed by atoms with Crippen LogP contribution in [0.3, 0.4) is 0 Å². The Bertz CT molecular complexity index is 1480. The Labute approximate surface area is 232 Å². The monoisotopic (exact) mass is 565 g/mol. The number of aliphatic hydroxyl groups excluding tert-OH is 1. The van der Waals surface area contributed by atoms with Crippen LogP contribution in [0.1, 0.15) is 47.4 Å². The topological polar surface area (TPSA) is 110 Å². The van der Waals surface area contributed by atoms with Gasteiger partial charge < -0.3 is 9.84 Å². The predicted octanol–water partition coefficient (Wildman–Crippen LogP) is 5.30. The molecule has 39 heavy (non-hydrogen) atoms. The van der Waals surface area contributed by atoms with E-state index in [-0.39, 0.29) is 28.8 Å². The number of esters is 1. The molecule has 5 rings (SSSR count). The Hall–Kier alpha value is -3.27. The molecule has 0 amide bonds. The molecule has 1 fully saturated rings. The van der Waals surface area contributed by atoms with Gasteiger partial charge in [-0.25, -0.2) is 17.9 Å². The first-order chi connectivity index (χ1) is 18.8. The van der Waals surface area contributed by atoms with Crippen LogP contribution in [0.4, 0.5) is 0 Å². The van der Waals surface area contributed by atoms with E-state index in [1.54, 1.807) is 18.2 Å². The number of carbonyl (C=O) groups excluding carboxylic acids is 2. The third-order valence-corrected chi connectivity index (χ3v) is 9.96. The number of cyclic esters (lactones) is 1. The van der Waals surface area contributed by atoms with Gasteiger partial charge in [0.15, 0.2) is 11.9 Å². The van der Waals surface area contributed by atoms with Crippen molar-refractivity contribution in [3.63, 3.8) is 0 Å². The fraction of sp³-hybridized carbons (Fsp3) is 0.333. The maximum absolute atomic E-state index is 13.3. The first kappa shape index (κ1) is 27.3. The van der Waals surface area contributed by atoms with Gasteiger partial charge in [-0.2, -0.15) is 0 Å². The molecule has 2 aromatic carbocycles. The molecule has 3 unspecified atom stereocenters. The molecular weight excluding hydrogens is 534 g/mol. The molecule has 3 aromatic rings. The van der Waals surface area contributed by atoms with Crippen molar-refractivity contribution in [1.82, 2.24) is 4.72 Å². The van der Waals surface area contributed by atoms with Crippen LogP contribution in [0.15, 0.2) is 89.0 Å². The fourth-order valence-electron chi connectivity index (χ4n) is 5.11. The molecule has 1 saturated carbocycles. The molecule has 9 heteroatoms. The first-order valence-corrected chi connectivity index (χ1v) is 15.4. The van der Waals surface area contributed by atoms with E-state index < -0.39 is 39.6 Å². The molecule has 0 radical (unpaired) electrons. The zero-order valence-electron chi connectivity index (χ0n) is 21.6. The lowest BCUT2D eigenvalue weighted by Gasteiger charge is -2.31. The average Bonchev–Trinajstić information content (AvgIpc) is 3.68. The molecule has 2 N–H and O–H groups in total. The van der Waals surface area contributed by atoms with Crippen LogP contribution in [0, 0.1) is 11.8 Å². The fourth-order valence-corrected chi connectivity index (χ4v) is 7.38. The number of hydrogen-bond acceptors (Lipinski definition) is 7. The number of sulfonamides is 1. The highest BCUT2D eigenvalue weighted by molar-refractivity contribution is 7.89. The Kier molecular flexibility index (Phi) is 8.02. The van der Waals surface area contributed by atoms with E-state index in [0.29, 0.717) is 12.8 Å². The van der Waals surface area contributed by atoms with E-state index in [1.807, 2.05) is 49.4 Å². The van der Waals surface area contributed by atoms with Gasteiger partial charge >= 0.3 is 5.97 Å². The Balaban J connectivity index is 1.35. The molecule has 1 aliphatic carbocycles. The lowest BCUT2D eigenvalue weighted by Crippen LogP contribution is -2.42. The van der Waals surface area contributed by atoms with Gasteiger partial charge in [0.2, 0.25) is 15.8 Å². The number of Topliss-reactive ketones (excluding diaryl/α,β-unsaturated/α-hetero) is 1. The SMILES string of the molecule is CCC(Cc1ccccc1)C1OC(=O)C(C(c2ccc(CNS(=O)(=O)c3ccccc3)s2)C2CC2)=C(O)C1=O. The number of nitrogens with one attached hydrogen (secondary N) is 1.